The van der Waals surface area contributed by atoms with E-state index in [4.69, 9.17) is 9.84 Å². The molecule has 1 heterocycles. The van der Waals surface area contributed by atoms with Crippen LogP contribution in [0.5, 0.6) is 0 Å². The van der Waals surface area contributed by atoms with Crippen LogP contribution in [-0.4, -0.2) is 48.2 Å². The van der Waals surface area contributed by atoms with Gasteiger partial charge in [-0.1, -0.05) is 12.1 Å². The Labute approximate surface area is 123 Å². The number of carbonyl (C=O) groups is 2. The number of carboxylic acids is 1. The minimum atomic E-state index is -1.00. The molecule has 1 aromatic carbocycles. The van der Waals surface area contributed by atoms with Gasteiger partial charge in [-0.25, -0.2) is 4.79 Å². The average Bonchev–Trinajstić information content (AvgIpc) is 2.74. The zero-order valence-corrected chi connectivity index (χ0v) is 12.0. The van der Waals surface area contributed by atoms with E-state index < -0.39 is 5.97 Å². The van der Waals surface area contributed by atoms with E-state index in [2.05, 4.69) is 0 Å². The van der Waals surface area contributed by atoms with Crippen LogP contribution in [-0.2, 0) is 9.53 Å². The first kappa shape index (κ1) is 15.3. The third-order valence-electron chi connectivity index (χ3n) is 3.52. The third-order valence-corrected chi connectivity index (χ3v) is 3.52. The molecule has 1 aliphatic rings. The maximum atomic E-state index is 12.6. The smallest absolute Gasteiger partial charge is 0.328 e. The van der Waals surface area contributed by atoms with E-state index in [1.54, 1.807) is 23.1 Å². The zero-order valence-electron chi connectivity index (χ0n) is 12.0. The summed E-state index contributed by atoms with van der Waals surface area (Å²) in [5.74, 6) is -1.03. The molecule has 0 bridgehead atoms. The van der Waals surface area contributed by atoms with Gasteiger partial charge in [0.15, 0.2) is 0 Å². The van der Waals surface area contributed by atoms with Gasteiger partial charge in [0.2, 0.25) is 0 Å². The van der Waals surface area contributed by atoms with Crippen molar-refractivity contribution in [2.45, 2.75) is 13.3 Å². The highest BCUT2D eigenvalue weighted by Gasteiger charge is 2.19. The van der Waals surface area contributed by atoms with Gasteiger partial charge in [0.05, 0.1) is 6.61 Å². The molecule has 0 aliphatic carbocycles. The lowest BCUT2D eigenvalue weighted by atomic mass is 10.0. The van der Waals surface area contributed by atoms with Gasteiger partial charge in [-0.05, 0) is 36.6 Å². The highest BCUT2D eigenvalue weighted by atomic mass is 16.5. The van der Waals surface area contributed by atoms with E-state index in [9.17, 15) is 9.59 Å². The van der Waals surface area contributed by atoms with Crippen molar-refractivity contribution in [2.75, 3.05) is 26.3 Å². The second-order valence-corrected chi connectivity index (χ2v) is 4.95. The molecular formula is C16H19NO4. The van der Waals surface area contributed by atoms with Gasteiger partial charge in [-0.2, -0.15) is 0 Å². The van der Waals surface area contributed by atoms with Gasteiger partial charge in [0.1, 0.15) is 0 Å². The van der Waals surface area contributed by atoms with Gasteiger partial charge in [0.25, 0.3) is 5.91 Å². The molecular weight excluding hydrogens is 270 g/mol. The number of aliphatic carboxylic acids is 1. The third kappa shape index (κ3) is 3.92. The fraction of sp³-hybridized carbons (Fsp3) is 0.375. The topological polar surface area (TPSA) is 66.8 Å². The number of hydrogen-bond donors (Lipinski definition) is 1. The molecule has 0 saturated carbocycles. The van der Waals surface area contributed by atoms with Crippen molar-refractivity contribution in [1.82, 2.24) is 4.90 Å². The molecule has 1 aromatic rings. The Morgan fingerprint density at radius 2 is 2.10 bits per heavy atom. The highest BCUT2D eigenvalue weighted by Crippen LogP contribution is 2.18. The van der Waals surface area contributed by atoms with Crippen molar-refractivity contribution >= 4 is 18.0 Å². The lowest BCUT2D eigenvalue weighted by Crippen LogP contribution is -2.33. The molecule has 0 unspecified atom stereocenters. The number of nitrogens with zero attached hydrogens (tertiary/aromatic N) is 1. The quantitative estimate of drug-likeness (QED) is 0.864. The van der Waals surface area contributed by atoms with Crippen LogP contribution in [0, 0.1) is 6.92 Å². The van der Waals surface area contributed by atoms with E-state index in [0.717, 1.165) is 23.6 Å². The van der Waals surface area contributed by atoms with Crippen molar-refractivity contribution < 1.29 is 19.4 Å². The van der Waals surface area contributed by atoms with Crippen molar-refractivity contribution in [3.63, 3.8) is 0 Å². The summed E-state index contributed by atoms with van der Waals surface area (Å²) in [6.07, 6.45) is 3.43. The Kier molecular flexibility index (Phi) is 5.11. The largest absolute Gasteiger partial charge is 0.478 e. The standard InChI is InChI=1S/C16H19NO4/c1-12-13(6-7-15(18)19)4-2-5-14(12)16(20)17-8-3-10-21-11-9-17/h2,4-7H,3,8-11H2,1H3,(H,18,19). The van der Waals surface area contributed by atoms with Crippen molar-refractivity contribution in [3.05, 3.63) is 41.0 Å². The number of amides is 1. The monoisotopic (exact) mass is 289 g/mol. The molecule has 0 atom stereocenters. The molecule has 1 aliphatic heterocycles. The van der Waals surface area contributed by atoms with Crippen LogP contribution < -0.4 is 0 Å². The van der Waals surface area contributed by atoms with Gasteiger partial charge >= 0.3 is 5.97 Å². The van der Waals surface area contributed by atoms with Crippen LogP contribution >= 0.6 is 0 Å². The van der Waals surface area contributed by atoms with Crippen LogP contribution in [0.3, 0.4) is 0 Å². The molecule has 1 fully saturated rings. The summed E-state index contributed by atoms with van der Waals surface area (Å²) >= 11 is 0. The van der Waals surface area contributed by atoms with E-state index >= 15 is 0 Å². The Balaban J connectivity index is 2.24. The second kappa shape index (κ2) is 7.04. The van der Waals surface area contributed by atoms with Gasteiger partial charge in [-0.15, -0.1) is 0 Å². The van der Waals surface area contributed by atoms with Gasteiger partial charge < -0.3 is 14.7 Å². The predicted octanol–water partition coefficient (Wildman–Crippen LogP) is 1.96. The summed E-state index contributed by atoms with van der Waals surface area (Å²) in [6.45, 7) is 4.36. The lowest BCUT2D eigenvalue weighted by Gasteiger charge is -2.21. The number of carboxylic acid groups (broad SMARTS) is 1. The Hall–Kier alpha value is -2.14. The maximum Gasteiger partial charge on any atom is 0.328 e. The van der Waals surface area contributed by atoms with E-state index in [1.165, 1.54) is 6.08 Å². The molecule has 21 heavy (non-hydrogen) atoms. The molecule has 1 N–H and O–H groups in total. The van der Waals surface area contributed by atoms with Crippen molar-refractivity contribution in [1.29, 1.82) is 0 Å². The van der Waals surface area contributed by atoms with Crippen LogP contribution in [0.1, 0.15) is 27.9 Å². The number of ether oxygens (including phenoxy) is 1. The van der Waals surface area contributed by atoms with Crippen molar-refractivity contribution in [2.24, 2.45) is 0 Å². The Morgan fingerprint density at radius 1 is 1.29 bits per heavy atom. The summed E-state index contributed by atoms with van der Waals surface area (Å²) in [7, 11) is 0. The summed E-state index contributed by atoms with van der Waals surface area (Å²) in [5.41, 5.74) is 2.16. The molecule has 2 rings (SSSR count). The minimum absolute atomic E-state index is 0.0245. The fourth-order valence-corrected chi connectivity index (χ4v) is 2.35. The first-order chi connectivity index (χ1) is 10.1. The van der Waals surface area contributed by atoms with Crippen LogP contribution in [0.25, 0.3) is 6.08 Å². The SMILES string of the molecule is Cc1c(C=CC(=O)O)cccc1C(=O)N1CCCOCC1. The summed E-state index contributed by atoms with van der Waals surface area (Å²) in [5, 5.41) is 8.70. The fourth-order valence-electron chi connectivity index (χ4n) is 2.35. The normalized spacial score (nSPS) is 16.0. The Bertz CT molecular complexity index is 557. The molecule has 0 spiro atoms. The molecule has 1 saturated heterocycles. The lowest BCUT2D eigenvalue weighted by molar-refractivity contribution is -0.131. The first-order valence-electron chi connectivity index (χ1n) is 6.97. The van der Waals surface area contributed by atoms with Gasteiger partial charge in [-0.3, -0.25) is 4.79 Å². The first-order valence-corrected chi connectivity index (χ1v) is 6.97. The molecule has 5 heteroatoms. The summed E-state index contributed by atoms with van der Waals surface area (Å²) in [4.78, 5) is 25.0. The van der Waals surface area contributed by atoms with E-state index in [1.807, 2.05) is 6.92 Å². The zero-order chi connectivity index (χ0) is 15.2. The maximum absolute atomic E-state index is 12.6. The number of benzene rings is 1. The molecule has 0 radical (unpaired) electrons. The van der Waals surface area contributed by atoms with Crippen molar-refractivity contribution in [3.8, 4) is 0 Å². The van der Waals surface area contributed by atoms with Gasteiger partial charge in [0, 0.05) is 31.3 Å². The summed E-state index contributed by atoms with van der Waals surface area (Å²) in [6, 6.07) is 5.36. The van der Waals surface area contributed by atoms with Crippen LogP contribution in [0.2, 0.25) is 0 Å². The average molecular weight is 289 g/mol. The predicted molar refractivity (Wildman–Crippen MR) is 79.2 cm³/mol. The summed E-state index contributed by atoms with van der Waals surface area (Å²) < 4.78 is 5.36. The minimum Gasteiger partial charge on any atom is -0.478 e. The van der Waals surface area contributed by atoms with Crippen LogP contribution in [0.15, 0.2) is 24.3 Å². The molecule has 0 aromatic heterocycles. The second-order valence-electron chi connectivity index (χ2n) is 4.95. The van der Waals surface area contributed by atoms with E-state index in [0.29, 0.717) is 31.9 Å². The van der Waals surface area contributed by atoms with Crippen LogP contribution in [0.4, 0.5) is 0 Å². The number of rotatable bonds is 3. The number of carbonyl (C=O) groups excluding carboxylic acids is 1. The highest BCUT2D eigenvalue weighted by molar-refractivity contribution is 5.97. The molecule has 112 valence electrons. The Morgan fingerprint density at radius 3 is 2.86 bits per heavy atom. The molecule has 1 amide bonds. The number of hydrogen-bond acceptors (Lipinski definition) is 3. The molecule has 5 nitrogen and oxygen atoms in total. The van der Waals surface area contributed by atoms with E-state index in [-0.39, 0.29) is 5.91 Å².